The monoisotopic (exact) mass is 508 g/mol. The molecule has 31 heavy (non-hydrogen) atoms. The van der Waals surface area contributed by atoms with Gasteiger partial charge in [0.05, 0.1) is 16.8 Å². The number of carbonyl (C=O) groups excluding carboxylic acids is 3. The number of benzene rings is 2. The SMILES string of the molecule is CC(C)C(NC(=O)c1ccccc1Cl)C(=O)NN=Cc1cc(Br)ccc1OCC(N)=O. The van der Waals surface area contributed by atoms with Crippen molar-refractivity contribution in [1.82, 2.24) is 10.7 Å². The molecular formula is C21H22BrClN4O4. The molecule has 1 atom stereocenters. The first kappa shape index (κ1) is 24.4. The normalized spacial score (nSPS) is 11.9. The molecule has 0 saturated carbocycles. The van der Waals surface area contributed by atoms with E-state index >= 15 is 0 Å². The molecule has 3 amide bonds. The average Bonchev–Trinajstić information content (AvgIpc) is 2.71. The van der Waals surface area contributed by atoms with Crippen LogP contribution >= 0.6 is 27.5 Å². The molecule has 0 saturated heterocycles. The highest BCUT2D eigenvalue weighted by molar-refractivity contribution is 9.10. The van der Waals surface area contributed by atoms with Crippen LogP contribution in [0.25, 0.3) is 0 Å². The summed E-state index contributed by atoms with van der Waals surface area (Å²) in [4.78, 5) is 36.1. The minimum atomic E-state index is -0.839. The van der Waals surface area contributed by atoms with Crippen molar-refractivity contribution in [3.8, 4) is 5.75 Å². The van der Waals surface area contributed by atoms with E-state index in [0.29, 0.717) is 16.3 Å². The van der Waals surface area contributed by atoms with E-state index in [9.17, 15) is 14.4 Å². The highest BCUT2D eigenvalue weighted by Crippen LogP contribution is 2.22. The molecule has 2 aromatic rings. The molecule has 2 aromatic carbocycles. The van der Waals surface area contributed by atoms with E-state index in [4.69, 9.17) is 22.1 Å². The largest absolute Gasteiger partial charge is 0.483 e. The van der Waals surface area contributed by atoms with Gasteiger partial charge in [-0.05, 0) is 36.2 Å². The smallest absolute Gasteiger partial charge is 0.262 e. The van der Waals surface area contributed by atoms with Crippen LogP contribution < -0.4 is 21.2 Å². The van der Waals surface area contributed by atoms with Crippen molar-refractivity contribution < 1.29 is 19.1 Å². The van der Waals surface area contributed by atoms with Gasteiger partial charge in [-0.25, -0.2) is 5.43 Å². The molecule has 10 heteroatoms. The molecule has 0 aliphatic heterocycles. The molecule has 4 N–H and O–H groups in total. The van der Waals surface area contributed by atoms with Crippen LogP contribution in [0.5, 0.6) is 5.75 Å². The topological polar surface area (TPSA) is 123 Å². The predicted molar refractivity (Wildman–Crippen MR) is 122 cm³/mol. The van der Waals surface area contributed by atoms with Crippen LogP contribution in [0.15, 0.2) is 52.0 Å². The summed E-state index contributed by atoms with van der Waals surface area (Å²) in [5.74, 6) is -1.42. The molecular weight excluding hydrogens is 488 g/mol. The van der Waals surface area contributed by atoms with E-state index in [1.165, 1.54) is 6.21 Å². The van der Waals surface area contributed by atoms with Gasteiger partial charge in [0.1, 0.15) is 11.8 Å². The molecule has 0 heterocycles. The van der Waals surface area contributed by atoms with Crippen LogP contribution in [0.4, 0.5) is 0 Å². The molecule has 0 spiro atoms. The van der Waals surface area contributed by atoms with Crippen molar-refractivity contribution in [2.45, 2.75) is 19.9 Å². The van der Waals surface area contributed by atoms with Crippen molar-refractivity contribution in [3.05, 3.63) is 63.1 Å². The van der Waals surface area contributed by atoms with Crippen molar-refractivity contribution in [1.29, 1.82) is 0 Å². The van der Waals surface area contributed by atoms with E-state index in [0.717, 1.165) is 4.47 Å². The second-order valence-electron chi connectivity index (χ2n) is 6.85. The zero-order valence-corrected chi connectivity index (χ0v) is 19.2. The predicted octanol–water partition coefficient (Wildman–Crippen LogP) is 2.87. The Morgan fingerprint density at radius 2 is 1.94 bits per heavy atom. The summed E-state index contributed by atoms with van der Waals surface area (Å²) in [6.07, 6.45) is 1.37. The van der Waals surface area contributed by atoms with Gasteiger partial charge in [-0.3, -0.25) is 14.4 Å². The van der Waals surface area contributed by atoms with Gasteiger partial charge < -0.3 is 15.8 Å². The summed E-state index contributed by atoms with van der Waals surface area (Å²) >= 11 is 9.40. The van der Waals surface area contributed by atoms with Crippen LogP contribution in [0.3, 0.4) is 0 Å². The maximum atomic E-state index is 12.6. The molecule has 0 bridgehead atoms. The lowest BCUT2D eigenvalue weighted by atomic mass is 10.0. The summed E-state index contributed by atoms with van der Waals surface area (Å²) in [6, 6.07) is 10.8. The minimum absolute atomic E-state index is 0.207. The fourth-order valence-electron chi connectivity index (χ4n) is 2.53. The Labute approximate surface area is 193 Å². The molecule has 0 fully saturated rings. The first-order chi connectivity index (χ1) is 14.7. The maximum Gasteiger partial charge on any atom is 0.262 e. The van der Waals surface area contributed by atoms with Gasteiger partial charge in [-0.15, -0.1) is 0 Å². The number of nitrogens with two attached hydrogens (primary N) is 1. The van der Waals surface area contributed by atoms with Gasteiger partial charge in [-0.1, -0.05) is 53.5 Å². The quantitative estimate of drug-likeness (QED) is 0.355. The molecule has 0 radical (unpaired) electrons. The van der Waals surface area contributed by atoms with Gasteiger partial charge >= 0.3 is 0 Å². The van der Waals surface area contributed by atoms with Crippen LogP contribution in [-0.4, -0.2) is 36.6 Å². The first-order valence-electron chi connectivity index (χ1n) is 9.28. The number of nitrogens with zero attached hydrogens (tertiary/aromatic N) is 1. The van der Waals surface area contributed by atoms with Gasteiger partial charge in [0, 0.05) is 10.0 Å². The summed E-state index contributed by atoms with van der Waals surface area (Å²) in [5, 5.41) is 6.93. The van der Waals surface area contributed by atoms with E-state index in [2.05, 4.69) is 31.8 Å². The van der Waals surface area contributed by atoms with Crippen molar-refractivity contribution in [2.24, 2.45) is 16.8 Å². The lowest BCUT2D eigenvalue weighted by Crippen LogP contribution is -2.48. The molecule has 0 aliphatic rings. The number of primary amides is 1. The Morgan fingerprint density at radius 1 is 1.23 bits per heavy atom. The van der Waals surface area contributed by atoms with Crippen LogP contribution in [0.1, 0.15) is 29.8 Å². The molecule has 8 nitrogen and oxygen atoms in total. The average molecular weight is 510 g/mol. The highest BCUT2D eigenvalue weighted by atomic mass is 79.9. The third-order valence-corrected chi connectivity index (χ3v) is 4.90. The Morgan fingerprint density at radius 3 is 2.58 bits per heavy atom. The van der Waals surface area contributed by atoms with Crippen LogP contribution in [0, 0.1) is 5.92 Å². The van der Waals surface area contributed by atoms with E-state index in [1.54, 1.807) is 56.3 Å². The maximum absolute atomic E-state index is 12.6. The fraction of sp³-hybridized carbons (Fsp3) is 0.238. The zero-order chi connectivity index (χ0) is 23.0. The molecule has 1 unspecified atom stereocenters. The summed E-state index contributed by atoms with van der Waals surface area (Å²) < 4.78 is 6.09. The van der Waals surface area contributed by atoms with E-state index in [1.807, 2.05) is 0 Å². The van der Waals surface area contributed by atoms with E-state index in [-0.39, 0.29) is 18.1 Å². The number of halogens is 2. The Balaban J connectivity index is 2.09. The highest BCUT2D eigenvalue weighted by Gasteiger charge is 2.25. The number of rotatable bonds is 9. The summed E-state index contributed by atoms with van der Waals surface area (Å²) in [7, 11) is 0. The molecule has 0 aromatic heterocycles. The number of hydrazone groups is 1. The third kappa shape index (κ3) is 7.37. The Hall–Kier alpha value is -2.91. The van der Waals surface area contributed by atoms with Crippen molar-refractivity contribution in [3.63, 3.8) is 0 Å². The number of carbonyl (C=O) groups is 3. The number of nitrogens with one attached hydrogen (secondary N) is 2. The fourth-order valence-corrected chi connectivity index (χ4v) is 3.14. The second kappa shape index (κ2) is 11.5. The first-order valence-corrected chi connectivity index (χ1v) is 10.4. The van der Waals surface area contributed by atoms with Crippen molar-refractivity contribution >= 4 is 51.5 Å². The lowest BCUT2D eigenvalue weighted by molar-refractivity contribution is -0.124. The standard InChI is InChI=1S/C21H22BrClN4O4/c1-12(2)19(26-20(29)15-5-3-4-6-16(15)23)21(30)27-25-10-13-9-14(22)7-8-17(13)31-11-18(24)28/h3-10,12,19H,11H2,1-2H3,(H2,24,28)(H,26,29)(H,27,30). The summed E-state index contributed by atoms with van der Waals surface area (Å²) in [6.45, 7) is 3.30. The van der Waals surface area contributed by atoms with Crippen LogP contribution in [0.2, 0.25) is 5.02 Å². The second-order valence-corrected chi connectivity index (χ2v) is 8.17. The third-order valence-electron chi connectivity index (χ3n) is 4.07. The lowest BCUT2D eigenvalue weighted by Gasteiger charge is -2.20. The van der Waals surface area contributed by atoms with Gasteiger partial charge in [0.25, 0.3) is 17.7 Å². The number of hydrogen-bond donors (Lipinski definition) is 3. The molecule has 2 rings (SSSR count). The Bertz CT molecular complexity index is 997. The number of ether oxygens (including phenoxy) is 1. The molecule has 164 valence electrons. The number of amides is 3. The number of hydrogen-bond acceptors (Lipinski definition) is 5. The molecule has 0 aliphatic carbocycles. The minimum Gasteiger partial charge on any atom is -0.483 e. The van der Waals surface area contributed by atoms with Gasteiger partial charge in [0.2, 0.25) is 0 Å². The van der Waals surface area contributed by atoms with Crippen LogP contribution in [-0.2, 0) is 9.59 Å². The Kier molecular flexibility index (Phi) is 9.02. The van der Waals surface area contributed by atoms with Gasteiger partial charge in [0.15, 0.2) is 6.61 Å². The zero-order valence-electron chi connectivity index (χ0n) is 16.9. The van der Waals surface area contributed by atoms with E-state index < -0.39 is 23.8 Å². The van der Waals surface area contributed by atoms with Crippen molar-refractivity contribution in [2.75, 3.05) is 6.61 Å². The summed E-state index contributed by atoms with van der Waals surface area (Å²) in [5.41, 5.74) is 8.31. The van der Waals surface area contributed by atoms with Gasteiger partial charge in [-0.2, -0.15) is 5.10 Å².